The molecule has 112 valence electrons. The third kappa shape index (κ3) is 4.32. The summed E-state index contributed by atoms with van der Waals surface area (Å²) < 4.78 is 5.69. The third-order valence-electron chi connectivity index (χ3n) is 4.10. The highest BCUT2D eigenvalue weighted by Gasteiger charge is 2.16. The Bertz CT molecular complexity index is 419. The summed E-state index contributed by atoms with van der Waals surface area (Å²) in [5, 5.41) is 3.65. The van der Waals surface area contributed by atoms with Crippen molar-refractivity contribution in [2.24, 2.45) is 5.92 Å². The molecule has 2 rings (SSSR count). The van der Waals surface area contributed by atoms with Crippen molar-refractivity contribution >= 4 is 11.4 Å². The van der Waals surface area contributed by atoms with Crippen molar-refractivity contribution in [2.75, 3.05) is 17.7 Å². The molecule has 0 spiro atoms. The van der Waals surface area contributed by atoms with Gasteiger partial charge in [-0.3, -0.25) is 0 Å². The highest BCUT2D eigenvalue weighted by Crippen LogP contribution is 2.29. The second kappa shape index (κ2) is 7.41. The van der Waals surface area contributed by atoms with Crippen molar-refractivity contribution in [1.29, 1.82) is 0 Å². The van der Waals surface area contributed by atoms with Crippen molar-refractivity contribution in [3.05, 3.63) is 18.2 Å². The molecule has 0 amide bonds. The van der Waals surface area contributed by atoms with E-state index in [4.69, 9.17) is 10.5 Å². The number of nitrogens with two attached hydrogens (primary N) is 1. The molecule has 0 aromatic heterocycles. The first-order valence-electron chi connectivity index (χ1n) is 7.98. The summed E-state index contributed by atoms with van der Waals surface area (Å²) >= 11 is 0. The zero-order chi connectivity index (χ0) is 14.4. The summed E-state index contributed by atoms with van der Waals surface area (Å²) in [7, 11) is 0. The lowest BCUT2D eigenvalue weighted by Crippen LogP contribution is -2.18. The Morgan fingerprint density at radius 1 is 1.25 bits per heavy atom. The largest absolute Gasteiger partial charge is 0.491 e. The molecule has 0 heterocycles. The van der Waals surface area contributed by atoms with Gasteiger partial charge in [-0.25, -0.2) is 0 Å². The Morgan fingerprint density at radius 2 is 2.10 bits per heavy atom. The minimum absolute atomic E-state index is 0.586. The number of ether oxygens (including phenoxy) is 1. The van der Waals surface area contributed by atoms with Crippen LogP contribution in [0.15, 0.2) is 18.2 Å². The van der Waals surface area contributed by atoms with Crippen LogP contribution in [-0.4, -0.2) is 12.6 Å². The predicted molar refractivity (Wildman–Crippen MR) is 86.3 cm³/mol. The van der Waals surface area contributed by atoms with Gasteiger partial charge in [0.2, 0.25) is 0 Å². The average Bonchev–Trinajstić information content (AvgIpc) is 2.64. The third-order valence-corrected chi connectivity index (χ3v) is 4.10. The van der Waals surface area contributed by atoms with Gasteiger partial charge >= 0.3 is 0 Å². The lowest BCUT2D eigenvalue weighted by molar-refractivity contribution is 0.319. The number of nitrogen functional groups attached to an aromatic ring is 1. The van der Waals surface area contributed by atoms with Crippen LogP contribution in [0.1, 0.15) is 52.4 Å². The molecule has 3 N–H and O–H groups in total. The zero-order valence-corrected chi connectivity index (χ0v) is 12.8. The SMILES string of the molecule is CCCOc1cc(NC2CCCC(C)CC2)ccc1N. The molecule has 1 fully saturated rings. The van der Waals surface area contributed by atoms with E-state index in [1.54, 1.807) is 0 Å². The first kappa shape index (κ1) is 15.0. The van der Waals surface area contributed by atoms with Gasteiger partial charge in [0.15, 0.2) is 0 Å². The maximum atomic E-state index is 5.95. The normalized spacial score (nSPS) is 23.1. The van der Waals surface area contributed by atoms with Crippen LogP contribution in [0.2, 0.25) is 0 Å². The van der Waals surface area contributed by atoms with Gasteiger partial charge in [-0.1, -0.05) is 26.7 Å². The number of rotatable bonds is 5. The molecule has 3 nitrogen and oxygen atoms in total. The number of anilines is 2. The Kier molecular flexibility index (Phi) is 5.57. The molecule has 0 bridgehead atoms. The van der Waals surface area contributed by atoms with Gasteiger partial charge < -0.3 is 15.8 Å². The summed E-state index contributed by atoms with van der Waals surface area (Å²) in [5.41, 5.74) is 7.80. The summed E-state index contributed by atoms with van der Waals surface area (Å²) in [6.07, 6.45) is 7.54. The van der Waals surface area contributed by atoms with E-state index in [9.17, 15) is 0 Å². The first-order valence-corrected chi connectivity index (χ1v) is 7.98. The number of hydrogen-bond acceptors (Lipinski definition) is 3. The fraction of sp³-hybridized carbons (Fsp3) is 0.647. The quantitative estimate of drug-likeness (QED) is 0.617. The molecule has 1 aliphatic rings. The van der Waals surface area contributed by atoms with E-state index >= 15 is 0 Å². The van der Waals surface area contributed by atoms with Gasteiger partial charge in [0.25, 0.3) is 0 Å². The molecule has 2 atom stereocenters. The predicted octanol–water partition coefficient (Wildman–Crippen LogP) is 4.44. The van der Waals surface area contributed by atoms with Gasteiger partial charge in [0.1, 0.15) is 5.75 Å². The van der Waals surface area contributed by atoms with Crippen LogP contribution in [-0.2, 0) is 0 Å². The Morgan fingerprint density at radius 3 is 2.90 bits per heavy atom. The maximum absolute atomic E-state index is 5.95. The Labute approximate surface area is 122 Å². The molecule has 20 heavy (non-hydrogen) atoms. The highest BCUT2D eigenvalue weighted by molar-refractivity contribution is 5.61. The number of hydrogen-bond donors (Lipinski definition) is 2. The maximum Gasteiger partial charge on any atom is 0.144 e. The van der Waals surface area contributed by atoms with Gasteiger partial charge in [-0.05, 0) is 43.7 Å². The van der Waals surface area contributed by atoms with Crippen molar-refractivity contribution in [2.45, 2.75) is 58.4 Å². The van der Waals surface area contributed by atoms with Gasteiger partial charge in [-0.2, -0.15) is 0 Å². The minimum atomic E-state index is 0.586. The van der Waals surface area contributed by atoms with E-state index in [0.717, 1.165) is 29.5 Å². The summed E-state index contributed by atoms with van der Waals surface area (Å²) in [6.45, 7) is 5.18. The molecule has 1 aliphatic carbocycles. The molecule has 0 aliphatic heterocycles. The second-order valence-corrected chi connectivity index (χ2v) is 6.06. The highest BCUT2D eigenvalue weighted by atomic mass is 16.5. The molecule has 0 saturated heterocycles. The Balaban J connectivity index is 1.98. The molecule has 1 saturated carbocycles. The first-order chi connectivity index (χ1) is 9.69. The van der Waals surface area contributed by atoms with Crippen LogP contribution < -0.4 is 15.8 Å². The molecule has 2 unspecified atom stereocenters. The smallest absolute Gasteiger partial charge is 0.144 e. The van der Waals surface area contributed by atoms with Gasteiger partial charge in [0, 0.05) is 17.8 Å². The van der Waals surface area contributed by atoms with Crippen LogP contribution in [0.4, 0.5) is 11.4 Å². The second-order valence-electron chi connectivity index (χ2n) is 6.06. The van der Waals surface area contributed by atoms with Crippen LogP contribution in [0.5, 0.6) is 5.75 Å². The molecular formula is C17H28N2O. The number of benzene rings is 1. The van der Waals surface area contributed by atoms with E-state index in [2.05, 4.69) is 25.2 Å². The molecule has 3 heteroatoms. The van der Waals surface area contributed by atoms with E-state index < -0.39 is 0 Å². The molecule has 1 aromatic rings. The lowest BCUT2D eigenvalue weighted by Gasteiger charge is -2.19. The van der Waals surface area contributed by atoms with E-state index in [1.807, 2.05) is 12.1 Å². The standard InChI is InChI=1S/C17H28N2O/c1-3-11-20-17-12-15(9-10-16(17)18)19-14-6-4-5-13(2)7-8-14/h9-10,12-14,19H,3-8,11,18H2,1-2H3. The van der Waals surface area contributed by atoms with Crippen LogP contribution in [0.3, 0.4) is 0 Å². The van der Waals surface area contributed by atoms with Crippen molar-refractivity contribution in [3.8, 4) is 5.75 Å². The van der Waals surface area contributed by atoms with Crippen molar-refractivity contribution < 1.29 is 4.74 Å². The van der Waals surface area contributed by atoms with Crippen LogP contribution in [0, 0.1) is 5.92 Å². The molecular weight excluding hydrogens is 248 g/mol. The topological polar surface area (TPSA) is 47.3 Å². The molecule has 1 aromatic carbocycles. The minimum Gasteiger partial charge on any atom is -0.491 e. The monoisotopic (exact) mass is 276 g/mol. The van der Waals surface area contributed by atoms with Gasteiger partial charge in [0.05, 0.1) is 12.3 Å². The Hall–Kier alpha value is -1.38. The van der Waals surface area contributed by atoms with Crippen LogP contribution >= 0.6 is 0 Å². The van der Waals surface area contributed by atoms with E-state index in [-0.39, 0.29) is 0 Å². The summed E-state index contributed by atoms with van der Waals surface area (Å²) in [6, 6.07) is 6.62. The number of nitrogens with one attached hydrogen (secondary N) is 1. The summed E-state index contributed by atoms with van der Waals surface area (Å²) in [4.78, 5) is 0. The molecule has 0 radical (unpaired) electrons. The fourth-order valence-corrected chi connectivity index (χ4v) is 2.83. The lowest BCUT2D eigenvalue weighted by atomic mass is 10.0. The van der Waals surface area contributed by atoms with Crippen molar-refractivity contribution in [3.63, 3.8) is 0 Å². The van der Waals surface area contributed by atoms with E-state index in [1.165, 1.54) is 32.1 Å². The van der Waals surface area contributed by atoms with Gasteiger partial charge in [-0.15, -0.1) is 0 Å². The zero-order valence-electron chi connectivity index (χ0n) is 12.8. The van der Waals surface area contributed by atoms with Crippen LogP contribution in [0.25, 0.3) is 0 Å². The fourth-order valence-electron chi connectivity index (χ4n) is 2.83. The van der Waals surface area contributed by atoms with E-state index in [0.29, 0.717) is 12.6 Å². The summed E-state index contributed by atoms with van der Waals surface area (Å²) in [5.74, 6) is 1.68. The van der Waals surface area contributed by atoms with Crippen molar-refractivity contribution in [1.82, 2.24) is 0 Å². The average molecular weight is 276 g/mol.